The van der Waals surface area contributed by atoms with Crippen molar-refractivity contribution in [1.82, 2.24) is 14.7 Å². The third-order valence-electron chi connectivity index (χ3n) is 5.52. The number of aromatic nitrogens is 2. The van der Waals surface area contributed by atoms with E-state index in [9.17, 15) is 4.79 Å². The minimum Gasteiger partial charge on any atom is -0.467 e. The number of furan rings is 1. The quantitative estimate of drug-likeness (QED) is 0.635. The fourth-order valence-corrected chi connectivity index (χ4v) is 5.21. The highest BCUT2D eigenvalue weighted by Gasteiger charge is 2.31. The molecule has 0 saturated carbocycles. The molecule has 0 radical (unpaired) electrons. The van der Waals surface area contributed by atoms with Gasteiger partial charge in [-0.3, -0.25) is 9.48 Å². The predicted molar refractivity (Wildman–Crippen MR) is 111 cm³/mol. The van der Waals surface area contributed by atoms with Crippen LogP contribution in [0.2, 0.25) is 0 Å². The molecule has 0 aliphatic carbocycles. The van der Waals surface area contributed by atoms with Gasteiger partial charge in [-0.05, 0) is 31.0 Å². The van der Waals surface area contributed by atoms with Gasteiger partial charge in [0, 0.05) is 42.0 Å². The van der Waals surface area contributed by atoms with Crippen molar-refractivity contribution in [2.24, 2.45) is 7.05 Å². The molecule has 1 unspecified atom stereocenters. The number of fused-ring (bicyclic) bond motifs is 3. The van der Waals surface area contributed by atoms with Gasteiger partial charge in [0.15, 0.2) is 5.69 Å². The van der Waals surface area contributed by atoms with E-state index in [1.807, 2.05) is 40.9 Å². The van der Waals surface area contributed by atoms with Crippen LogP contribution in [0.1, 0.15) is 34.7 Å². The zero-order valence-corrected chi connectivity index (χ0v) is 17.2. The van der Waals surface area contributed by atoms with Crippen LogP contribution in [0.5, 0.6) is 0 Å². The van der Waals surface area contributed by atoms with E-state index < -0.39 is 0 Å². The number of amides is 1. The maximum atomic E-state index is 13.6. The molecule has 7 heteroatoms. The van der Waals surface area contributed by atoms with Crippen molar-refractivity contribution >= 4 is 17.7 Å². The molecule has 1 amide bonds. The molecular formula is C22H23N3O3S. The second kappa shape index (κ2) is 7.72. The van der Waals surface area contributed by atoms with Gasteiger partial charge in [0.1, 0.15) is 5.76 Å². The number of carbonyl (C=O) groups is 1. The van der Waals surface area contributed by atoms with E-state index >= 15 is 0 Å². The zero-order valence-electron chi connectivity index (χ0n) is 16.3. The lowest BCUT2D eigenvalue weighted by Crippen LogP contribution is -2.37. The highest BCUT2D eigenvalue weighted by molar-refractivity contribution is 7.98. The van der Waals surface area contributed by atoms with Gasteiger partial charge in [0.25, 0.3) is 5.91 Å². The first kappa shape index (κ1) is 18.5. The Morgan fingerprint density at radius 1 is 1.31 bits per heavy atom. The van der Waals surface area contributed by atoms with Gasteiger partial charge in [-0.2, -0.15) is 5.10 Å². The van der Waals surface area contributed by atoms with Crippen molar-refractivity contribution in [3.63, 3.8) is 0 Å². The summed E-state index contributed by atoms with van der Waals surface area (Å²) < 4.78 is 13.2. The highest BCUT2D eigenvalue weighted by Crippen LogP contribution is 2.42. The van der Waals surface area contributed by atoms with Crippen molar-refractivity contribution in [2.45, 2.75) is 36.1 Å². The molecule has 2 aliphatic rings. The largest absolute Gasteiger partial charge is 0.467 e. The highest BCUT2D eigenvalue weighted by atomic mass is 32.2. The van der Waals surface area contributed by atoms with E-state index in [2.05, 4.69) is 17.2 Å². The van der Waals surface area contributed by atoms with E-state index in [1.165, 1.54) is 4.90 Å². The number of hydrogen-bond donors (Lipinski definition) is 0. The average Bonchev–Trinajstić information content (AvgIpc) is 3.49. The van der Waals surface area contributed by atoms with Crippen LogP contribution in [-0.4, -0.2) is 39.8 Å². The number of aryl methyl sites for hydroxylation is 1. The average molecular weight is 410 g/mol. The number of nitrogens with zero attached hydrogens (tertiary/aromatic N) is 3. The molecule has 1 fully saturated rings. The summed E-state index contributed by atoms with van der Waals surface area (Å²) in [5.74, 6) is 1.45. The molecule has 4 heterocycles. The van der Waals surface area contributed by atoms with Crippen LogP contribution in [-0.2, 0) is 24.1 Å². The molecule has 3 aromatic rings. The van der Waals surface area contributed by atoms with Crippen molar-refractivity contribution in [3.8, 4) is 11.3 Å². The number of hydrogen-bond acceptors (Lipinski definition) is 5. The van der Waals surface area contributed by atoms with E-state index in [-0.39, 0.29) is 12.0 Å². The number of thioether (sulfide) groups is 1. The Morgan fingerprint density at radius 3 is 3.00 bits per heavy atom. The summed E-state index contributed by atoms with van der Waals surface area (Å²) in [6.45, 7) is 1.73. The van der Waals surface area contributed by atoms with Gasteiger partial charge in [-0.1, -0.05) is 18.2 Å². The normalized spacial score (nSPS) is 17.8. The van der Waals surface area contributed by atoms with Gasteiger partial charge in [0.05, 0.1) is 24.6 Å². The molecule has 29 heavy (non-hydrogen) atoms. The summed E-state index contributed by atoms with van der Waals surface area (Å²) in [6, 6.07) is 12.0. The first-order valence-corrected chi connectivity index (χ1v) is 10.9. The maximum absolute atomic E-state index is 13.6. The van der Waals surface area contributed by atoms with E-state index in [0.29, 0.717) is 18.8 Å². The van der Waals surface area contributed by atoms with E-state index in [0.717, 1.165) is 47.8 Å². The Bertz CT molecular complexity index is 1020. The molecule has 1 aromatic carbocycles. The lowest BCUT2D eigenvalue weighted by molar-refractivity contribution is 0.0486. The fourth-order valence-electron chi connectivity index (χ4n) is 4.15. The first-order chi connectivity index (χ1) is 14.2. The minimum atomic E-state index is -0.0614. The Labute approximate surface area is 173 Å². The summed E-state index contributed by atoms with van der Waals surface area (Å²) in [7, 11) is 1.92. The fraction of sp³-hybridized carbons (Fsp3) is 0.364. The zero-order chi connectivity index (χ0) is 19.8. The minimum absolute atomic E-state index is 0.0614. The standard InChI is InChI=1S/C22H23N3O3S/c1-24-21-17-8-2-3-9-19(17)29-14-18(21)20(23-24)22(26)25(12-15-6-4-10-27-15)13-16-7-5-11-28-16/h2-4,6,8-10,16H,5,7,11-14H2,1H3. The maximum Gasteiger partial charge on any atom is 0.275 e. The summed E-state index contributed by atoms with van der Waals surface area (Å²) >= 11 is 1.76. The van der Waals surface area contributed by atoms with E-state index in [1.54, 1.807) is 18.0 Å². The number of ether oxygens (including phenoxy) is 1. The lowest BCUT2D eigenvalue weighted by Gasteiger charge is -2.24. The van der Waals surface area contributed by atoms with Crippen molar-refractivity contribution < 1.29 is 13.9 Å². The summed E-state index contributed by atoms with van der Waals surface area (Å²) in [5.41, 5.74) is 3.73. The summed E-state index contributed by atoms with van der Waals surface area (Å²) in [5, 5.41) is 4.66. The monoisotopic (exact) mass is 409 g/mol. The number of rotatable bonds is 5. The van der Waals surface area contributed by atoms with Gasteiger partial charge in [0.2, 0.25) is 0 Å². The van der Waals surface area contributed by atoms with Gasteiger partial charge >= 0.3 is 0 Å². The van der Waals surface area contributed by atoms with Gasteiger partial charge < -0.3 is 14.1 Å². The van der Waals surface area contributed by atoms with Crippen LogP contribution in [0.3, 0.4) is 0 Å². The Kier molecular flexibility index (Phi) is 4.93. The second-order valence-corrected chi connectivity index (χ2v) is 8.50. The first-order valence-electron chi connectivity index (χ1n) is 9.92. The molecule has 2 aromatic heterocycles. The summed E-state index contributed by atoms with van der Waals surface area (Å²) in [6.07, 6.45) is 3.73. The number of carbonyl (C=O) groups excluding carboxylic acids is 1. The second-order valence-electron chi connectivity index (χ2n) is 7.48. The molecule has 2 aliphatic heterocycles. The molecule has 0 N–H and O–H groups in total. The van der Waals surface area contributed by atoms with Crippen LogP contribution in [0, 0.1) is 0 Å². The molecule has 150 valence electrons. The Balaban J connectivity index is 1.49. The van der Waals surface area contributed by atoms with Crippen LogP contribution in [0.15, 0.2) is 52.0 Å². The van der Waals surface area contributed by atoms with Gasteiger partial charge in [-0.25, -0.2) is 0 Å². The SMILES string of the molecule is Cn1nc(C(=O)N(Cc2ccco2)CC2CCCO2)c2c1-c1ccccc1SC2. The third kappa shape index (κ3) is 3.49. The Morgan fingerprint density at radius 2 is 2.21 bits per heavy atom. The third-order valence-corrected chi connectivity index (χ3v) is 6.62. The molecule has 1 atom stereocenters. The predicted octanol–water partition coefficient (Wildman–Crippen LogP) is 4.11. The van der Waals surface area contributed by atoms with Crippen LogP contribution >= 0.6 is 11.8 Å². The molecule has 1 saturated heterocycles. The van der Waals surface area contributed by atoms with Crippen LogP contribution < -0.4 is 0 Å². The van der Waals surface area contributed by atoms with Crippen molar-refractivity contribution in [1.29, 1.82) is 0 Å². The molecule has 0 spiro atoms. The summed E-state index contributed by atoms with van der Waals surface area (Å²) in [4.78, 5) is 16.7. The lowest BCUT2D eigenvalue weighted by atomic mass is 10.1. The molecular weight excluding hydrogens is 386 g/mol. The molecule has 5 rings (SSSR count). The van der Waals surface area contributed by atoms with Gasteiger partial charge in [-0.15, -0.1) is 11.8 Å². The smallest absolute Gasteiger partial charge is 0.275 e. The van der Waals surface area contributed by atoms with Crippen molar-refractivity contribution in [2.75, 3.05) is 13.2 Å². The molecule has 6 nitrogen and oxygen atoms in total. The molecule has 0 bridgehead atoms. The number of benzene rings is 1. The topological polar surface area (TPSA) is 60.5 Å². The van der Waals surface area contributed by atoms with E-state index in [4.69, 9.17) is 9.15 Å². The Hall–Kier alpha value is -2.51. The van der Waals surface area contributed by atoms with Crippen molar-refractivity contribution in [3.05, 3.63) is 59.7 Å². The van der Waals surface area contributed by atoms with Crippen LogP contribution in [0.4, 0.5) is 0 Å². The van der Waals surface area contributed by atoms with Crippen LogP contribution in [0.25, 0.3) is 11.3 Å².